The predicted octanol–water partition coefficient (Wildman–Crippen LogP) is 3.54. The Labute approximate surface area is 202 Å². The van der Waals surface area contributed by atoms with Crippen LogP contribution in [0.5, 0.6) is 0 Å². The number of imidazole rings is 1. The molecule has 0 radical (unpaired) electrons. The Balaban J connectivity index is 1.40. The number of amides is 2. The van der Waals surface area contributed by atoms with Crippen molar-refractivity contribution in [3.8, 4) is 0 Å². The van der Waals surface area contributed by atoms with Crippen LogP contribution in [0.3, 0.4) is 0 Å². The number of hydrogen-bond acceptors (Lipinski definition) is 5. The van der Waals surface area contributed by atoms with Gasteiger partial charge in [0.05, 0.1) is 23.0 Å². The van der Waals surface area contributed by atoms with Crippen molar-refractivity contribution in [2.45, 2.75) is 13.5 Å². The molecular formula is C26H25FN6O2. The van der Waals surface area contributed by atoms with E-state index in [4.69, 9.17) is 0 Å². The zero-order valence-corrected chi connectivity index (χ0v) is 19.3. The van der Waals surface area contributed by atoms with Gasteiger partial charge in [-0.15, -0.1) is 0 Å². The lowest BCUT2D eigenvalue weighted by Crippen LogP contribution is -2.49. The minimum atomic E-state index is -0.299. The molecule has 1 aliphatic rings. The van der Waals surface area contributed by atoms with Crippen LogP contribution in [0.25, 0.3) is 11.0 Å². The quantitative estimate of drug-likeness (QED) is 0.480. The molecular weight excluding hydrogens is 447 g/mol. The lowest BCUT2D eigenvalue weighted by atomic mass is 10.1. The van der Waals surface area contributed by atoms with Crippen molar-refractivity contribution in [1.82, 2.24) is 19.4 Å². The number of rotatable bonds is 5. The fraction of sp³-hybridized carbons (Fsp3) is 0.231. The van der Waals surface area contributed by atoms with E-state index in [1.165, 1.54) is 19.1 Å². The highest BCUT2D eigenvalue weighted by molar-refractivity contribution is 6.05. The molecule has 2 aromatic carbocycles. The number of carbonyl (C=O) groups is 2. The SMILES string of the molecule is CC(=O)Nc1cc(C(=O)N2CCN(c3ccccn3)CC2)cc2ncn(Cc3ccc(F)cc3)c12. The van der Waals surface area contributed by atoms with E-state index in [1.807, 2.05) is 27.7 Å². The average Bonchev–Trinajstić information content (AvgIpc) is 3.28. The summed E-state index contributed by atoms with van der Waals surface area (Å²) < 4.78 is 15.2. The topological polar surface area (TPSA) is 83.4 Å². The smallest absolute Gasteiger partial charge is 0.254 e. The van der Waals surface area contributed by atoms with Gasteiger partial charge < -0.3 is 19.7 Å². The van der Waals surface area contributed by atoms with Crippen LogP contribution in [0.1, 0.15) is 22.8 Å². The molecule has 3 heterocycles. The molecule has 0 saturated carbocycles. The fourth-order valence-corrected chi connectivity index (χ4v) is 4.39. The van der Waals surface area contributed by atoms with Gasteiger partial charge in [-0.25, -0.2) is 14.4 Å². The first-order chi connectivity index (χ1) is 17.0. The summed E-state index contributed by atoms with van der Waals surface area (Å²) >= 11 is 0. The minimum Gasteiger partial charge on any atom is -0.353 e. The highest BCUT2D eigenvalue weighted by Gasteiger charge is 2.24. The third-order valence-corrected chi connectivity index (χ3v) is 6.08. The number of benzene rings is 2. The fourth-order valence-electron chi connectivity index (χ4n) is 4.39. The molecule has 9 heteroatoms. The Hall–Kier alpha value is -4.27. The van der Waals surface area contributed by atoms with Gasteiger partial charge in [-0.1, -0.05) is 18.2 Å². The molecule has 0 aliphatic carbocycles. The zero-order chi connectivity index (χ0) is 24.4. The van der Waals surface area contributed by atoms with Crippen LogP contribution in [-0.4, -0.2) is 57.4 Å². The highest BCUT2D eigenvalue weighted by Crippen LogP contribution is 2.27. The second-order valence-corrected chi connectivity index (χ2v) is 8.54. The number of carbonyl (C=O) groups excluding carboxylic acids is 2. The van der Waals surface area contributed by atoms with Crippen molar-refractivity contribution in [1.29, 1.82) is 0 Å². The van der Waals surface area contributed by atoms with E-state index in [-0.39, 0.29) is 17.6 Å². The maximum atomic E-state index is 13.4. The largest absolute Gasteiger partial charge is 0.353 e. The Morgan fingerprint density at radius 1 is 1.00 bits per heavy atom. The van der Waals surface area contributed by atoms with E-state index in [9.17, 15) is 14.0 Å². The van der Waals surface area contributed by atoms with Crippen LogP contribution in [0.2, 0.25) is 0 Å². The van der Waals surface area contributed by atoms with Crippen molar-refractivity contribution in [2.75, 3.05) is 36.4 Å². The molecule has 0 atom stereocenters. The number of nitrogens with zero attached hydrogens (tertiary/aromatic N) is 5. The van der Waals surface area contributed by atoms with Crippen molar-refractivity contribution < 1.29 is 14.0 Å². The Morgan fingerprint density at radius 2 is 1.77 bits per heavy atom. The lowest BCUT2D eigenvalue weighted by Gasteiger charge is -2.35. The summed E-state index contributed by atoms with van der Waals surface area (Å²) in [6, 6.07) is 15.5. The zero-order valence-electron chi connectivity index (χ0n) is 19.3. The third-order valence-electron chi connectivity index (χ3n) is 6.08. The number of halogens is 1. The first-order valence-electron chi connectivity index (χ1n) is 11.4. The number of piperazine rings is 1. The molecule has 1 aliphatic heterocycles. The molecule has 178 valence electrons. The number of nitrogens with one attached hydrogen (secondary N) is 1. The number of hydrogen-bond donors (Lipinski definition) is 1. The Morgan fingerprint density at radius 3 is 2.46 bits per heavy atom. The monoisotopic (exact) mass is 472 g/mol. The highest BCUT2D eigenvalue weighted by atomic mass is 19.1. The number of pyridine rings is 1. The summed E-state index contributed by atoms with van der Waals surface area (Å²) in [6.45, 7) is 4.40. The van der Waals surface area contributed by atoms with Crippen LogP contribution in [0, 0.1) is 5.82 Å². The van der Waals surface area contributed by atoms with Crippen LogP contribution in [0.15, 0.2) is 67.1 Å². The summed E-state index contributed by atoms with van der Waals surface area (Å²) in [4.78, 5) is 38.2. The first kappa shape index (κ1) is 22.5. The summed E-state index contributed by atoms with van der Waals surface area (Å²) in [5.41, 5.74) is 3.20. The number of fused-ring (bicyclic) bond motifs is 1. The number of aromatic nitrogens is 3. The molecule has 8 nitrogen and oxygen atoms in total. The molecule has 35 heavy (non-hydrogen) atoms. The maximum Gasteiger partial charge on any atom is 0.254 e. The average molecular weight is 473 g/mol. The lowest BCUT2D eigenvalue weighted by molar-refractivity contribution is -0.114. The van der Waals surface area contributed by atoms with Gasteiger partial charge >= 0.3 is 0 Å². The molecule has 0 spiro atoms. The van der Waals surface area contributed by atoms with E-state index in [0.717, 1.165) is 11.4 Å². The van der Waals surface area contributed by atoms with Crippen LogP contribution < -0.4 is 10.2 Å². The summed E-state index contributed by atoms with van der Waals surface area (Å²) in [7, 11) is 0. The van der Waals surface area contributed by atoms with Crippen LogP contribution in [-0.2, 0) is 11.3 Å². The Kier molecular flexibility index (Phi) is 6.13. The van der Waals surface area contributed by atoms with Gasteiger partial charge in [0, 0.05) is 51.4 Å². The molecule has 1 N–H and O–H groups in total. The van der Waals surface area contributed by atoms with Gasteiger partial charge in [0.15, 0.2) is 0 Å². The summed E-state index contributed by atoms with van der Waals surface area (Å²) in [5.74, 6) is 0.259. The van der Waals surface area contributed by atoms with Crippen molar-refractivity contribution >= 4 is 34.4 Å². The van der Waals surface area contributed by atoms with Crippen molar-refractivity contribution in [3.05, 3.63) is 84.1 Å². The van der Waals surface area contributed by atoms with Crippen LogP contribution in [0.4, 0.5) is 15.9 Å². The van der Waals surface area contributed by atoms with Gasteiger partial charge in [0.25, 0.3) is 5.91 Å². The molecule has 5 rings (SSSR count). The second-order valence-electron chi connectivity index (χ2n) is 8.54. The van der Waals surface area contributed by atoms with E-state index < -0.39 is 0 Å². The van der Waals surface area contributed by atoms with E-state index in [2.05, 4.69) is 20.2 Å². The molecule has 1 saturated heterocycles. The molecule has 0 bridgehead atoms. The second kappa shape index (κ2) is 9.54. The van der Waals surface area contributed by atoms with E-state index in [1.54, 1.807) is 36.8 Å². The molecule has 2 aromatic heterocycles. The standard InChI is InChI=1S/C26H25FN6O2/c1-18(34)30-23-15-20(26(35)32-12-10-31(11-13-32)24-4-2-3-9-28-24)14-22-25(23)33(17-29-22)16-19-5-7-21(27)8-6-19/h2-9,14-15,17H,10-13,16H2,1H3,(H,30,34). The number of anilines is 2. The van der Waals surface area contributed by atoms with E-state index in [0.29, 0.717) is 55.0 Å². The summed E-state index contributed by atoms with van der Waals surface area (Å²) in [6.07, 6.45) is 3.43. The van der Waals surface area contributed by atoms with Crippen LogP contribution >= 0.6 is 0 Å². The van der Waals surface area contributed by atoms with Crippen molar-refractivity contribution in [3.63, 3.8) is 0 Å². The third kappa shape index (κ3) is 4.84. The van der Waals surface area contributed by atoms with Crippen molar-refractivity contribution in [2.24, 2.45) is 0 Å². The molecule has 2 amide bonds. The maximum absolute atomic E-state index is 13.4. The minimum absolute atomic E-state index is 0.104. The van der Waals surface area contributed by atoms with Gasteiger partial charge in [-0.2, -0.15) is 0 Å². The molecule has 4 aromatic rings. The predicted molar refractivity (Wildman–Crippen MR) is 132 cm³/mol. The molecule has 1 fully saturated rings. The van der Waals surface area contributed by atoms with E-state index >= 15 is 0 Å². The normalized spacial score (nSPS) is 13.8. The summed E-state index contributed by atoms with van der Waals surface area (Å²) in [5, 5.41) is 2.85. The van der Waals surface area contributed by atoms with Gasteiger partial charge in [0.1, 0.15) is 11.6 Å². The Bertz CT molecular complexity index is 1360. The van der Waals surface area contributed by atoms with Gasteiger partial charge in [-0.05, 0) is 42.0 Å². The molecule has 0 unspecified atom stereocenters. The first-order valence-corrected chi connectivity index (χ1v) is 11.4. The van der Waals surface area contributed by atoms with Gasteiger partial charge in [0.2, 0.25) is 5.91 Å². The van der Waals surface area contributed by atoms with Gasteiger partial charge in [-0.3, -0.25) is 9.59 Å².